The van der Waals surface area contributed by atoms with Gasteiger partial charge < -0.3 is 10.6 Å². The third-order valence-corrected chi connectivity index (χ3v) is 5.73. The van der Waals surface area contributed by atoms with Gasteiger partial charge in [0.25, 0.3) is 5.91 Å². The summed E-state index contributed by atoms with van der Waals surface area (Å²) >= 11 is 0. The molecular formula is C22H29N3O4S. The highest BCUT2D eigenvalue weighted by atomic mass is 32.2. The summed E-state index contributed by atoms with van der Waals surface area (Å²) in [7, 11) is -3.37. The minimum atomic E-state index is -3.37. The number of hydrogen-bond acceptors (Lipinski definition) is 4. The van der Waals surface area contributed by atoms with Crippen molar-refractivity contribution >= 4 is 21.8 Å². The number of benzene rings is 2. The van der Waals surface area contributed by atoms with Gasteiger partial charge in [-0.2, -0.15) is 0 Å². The van der Waals surface area contributed by atoms with Crippen molar-refractivity contribution < 1.29 is 18.0 Å². The van der Waals surface area contributed by atoms with Crippen molar-refractivity contribution in [2.24, 2.45) is 0 Å². The van der Waals surface area contributed by atoms with Gasteiger partial charge in [0.1, 0.15) is 0 Å². The van der Waals surface area contributed by atoms with Crippen LogP contribution in [0.25, 0.3) is 0 Å². The topological polar surface area (TPSA) is 104 Å². The average molecular weight is 432 g/mol. The summed E-state index contributed by atoms with van der Waals surface area (Å²) in [5.74, 6) is -0.478. The first kappa shape index (κ1) is 23.6. The van der Waals surface area contributed by atoms with E-state index in [1.807, 2.05) is 6.07 Å². The highest BCUT2D eigenvalue weighted by molar-refractivity contribution is 7.88. The van der Waals surface area contributed by atoms with Gasteiger partial charge in [-0.3, -0.25) is 9.59 Å². The van der Waals surface area contributed by atoms with Crippen LogP contribution in [-0.4, -0.2) is 32.3 Å². The van der Waals surface area contributed by atoms with Gasteiger partial charge in [0.05, 0.1) is 5.75 Å². The third-order valence-electron chi connectivity index (χ3n) is 4.19. The fourth-order valence-corrected chi connectivity index (χ4v) is 4.30. The maximum absolute atomic E-state index is 12.2. The molecule has 0 saturated carbocycles. The predicted octanol–water partition coefficient (Wildman–Crippen LogP) is 2.34. The van der Waals surface area contributed by atoms with Crippen LogP contribution in [0.3, 0.4) is 0 Å². The van der Waals surface area contributed by atoms with E-state index in [9.17, 15) is 18.0 Å². The molecule has 3 N–H and O–H groups in total. The Morgan fingerprint density at radius 3 is 2.10 bits per heavy atom. The van der Waals surface area contributed by atoms with Gasteiger partial charge in [0.2, 0.25) is 15.9 Å². The molecule has 0 heterocycles. The van der Waals surface area contributed by atoms with E-state index < -0.39 is 10.0 Å². The Bertz CT molecular complexity index is 942. The predicted molar refractivity (Wildman–Crippen MR) is 117 cm³/mol. The maximum atomic E-state index is 12.2. The molecule has 0 spiro atoms. The summed E-state index contributed by atoms with van der Waals surface area (Å²) in [4.78, 5) is 24.3. The summed E-state index contributed by atoms with van der Waals surface area (Å²) in [6.07, 6.45) is 0.162. The Morgan fingerprint density at radius 1 is 0.900 bits per heavy atom. The molecule has 0 aromatic heterocycles. The molecule has 2 aromatic carbocycles. The van der Waals surface area contributed by atoms with Crippen molar-refractivity contribution in [3.05, 3.63) is 71.3 Å². The van der Waals surface area contributed by atoms with Gasteiger partial charge in [0, 0.05) is 30.6 Å². The van der Waals surface area contributed by atoms with Gasteiger partial charge >= 0.3 is 0 Å². The van der Waals surface area contributed by atoms with Crippen molar-refractivity contribution in [1.82, 2.24) is 15.4 Å². The minimum absolute atomic E-state index is 0.0869. The first-order valence-electron chi connectivity index (χ1n) is 9.85. The monoisotopic (exact) mass is 431 g/mol. The highest BCUT2D eigenvalue weighted by Gasteiger charge is 2.14. The Labute approximate surface area is 178 Å². The molecule has 1 atom stereocenters. The highest BCUT2D eigenvalue weighted by Crippen LogP contribution is 2.09. The summed E-state index contributed by atoms with van der Waals surface area (Å²) in [6, 6.07) is 15.5. The molecule has 0 aliphatic rings. The molecule has 2 amide bonds. The number of nitrogens with one attached hydrogen (secondary N) is 3. The number of hydrogen-bond donors (Lipinski definition) is 3. The lowest BCUT2D eigenvalue weighted by Crippen LogP contribution is -2.37. The summed E-state index contributed by atoms with van der Waals surface area (Å²) in [5.41, 5.74) is 2.09. The molecular weight excluding hydrogens is 402 g/mol. The van der Waals surface area contributed by atoms with Gasteiger partial charge in [-0.1, -0.05) is 42.5 Å². The lowest BCUT2D eigenvalue weighted by molar-refractivity contribution is -0.121. The van der Waals surface area contributed by atoms with E-state index >= 15 is 0 Å². The number of amides is 2. The van der Waals surface area contributed by atoms with E-state index in [2.05, 4.69) is 15.4 Å². The molecule has 7 nitrogen and oxygen atoms in total. The second kappa shape index (κ2) is 10.9. The van der Waals surface area contributed by atoms with Crippen LogP contribution in [0, 0.1) is 0 Å². The molecule has 8 heteroatoms. The van der Waals surface area contributed by atoms with Crippen LogP contribution in [0.5, 0.6) is 0 Å². The van der Waals surface area contributed by atoms with Gasteiger partial charge in [-0.15, -0.1) is 0 Å². The Kier molecular flexibility index (Phi) is 8.56. The number of carbonyl (C=O) groups excluding carboxylic acids is 2. The Balaban J connectivity index is 1.78. The fraction of sp³-hybridized carbons (Fsp3) is 0.364. The number of sulfonamides is 1. The van der Waals surface area contributed by atoms with Crippen LogP contribution in [0.4, 0.5) is 0 Å². The molecule has 0 aliphatic heterocycles. The zero-order valence-corrected chi connectivity index (χ0v) is 18.3. The van der Waals surface area contributed by atoms with Gasteiger partial charge in [-0.05, 0) is 44.0 Å². The van der Waals surface area contributed by atoms with Crippen LogP contribution < -0.4 is 15.4 Å². The van der Waals surface area contributed by atoms with Crippen molar-refractivity contribution in [3.63, 3.8) is 0 Å². The molecule has 2 rings (SSSR count). The van der Waals surface area contributed by atoms with E-state index in [1.54, 1.807) is 69.3 Å². The normalized spacial score (nSPS) is 12.4. The lowest BCUT2D eigenvalue weighted by atomic mass is 10.1. The summed E-state index contributed by atoms with van der Waals surface area (Å²) < 4.78 is 26.5. The van der Waals surface area contributed by atoms with Gasteiger partial charge in [-0.25, -0.2) is 13.1 Å². The molecule has 0 bridgehead atoms. The van der Waals surface area contributed by atoms with Crippen LogP contribution in [0.1, 0.15) is 48.7 Å². The second-order valence-electron chi connectivity index (χ2n) is 7.57. The van der Waals surface area contributed by atoms with Crippen LogP contribution in [-0.2, 0) is 27.1 Å². The Hall–Kier alpha value is -2.71. The standard InChI is InChI=1S/C22H29N3O4S/c1-16(2)25-30(28,29)15-19-11-9-18(10-12-19)14-23-21(26)13-17(3)24-22(27)20-7-5-4-6-8-20/h4-12,16-17,25H,13-15H2,1-3H3,(H,23,26)(H,24,27). The van der Waals surface area contributed by atoms with E-state index in [0.29, 0.717) is 17.7 Å². The third kappa shape index (κ3) is 8.34. The van der Waals surface area contributed by atoms with E-state index in [1.165, 1.54) is 0 Å². The van der Waals surface area contributed by atoms with E-state index in [-0.39, 0.29) is 36.1 Å². The minimum Gasteiger partial charge on any atom is -0.352 e. The molecule has 1 unspecified atom stereocenters. The molecule has 30 heavy (non-hydrogen) atoms. The van der Waals surface area contributed by atoms with E-state index in [0.717, 1.165) is 5.56 Å². The molecule has 0 radical (unpaired) electrons. The average Bonchev–Trinajstić information content (AvgIpc) is 2.66. The van der Waals surface area contributed by atoms with Crippen molar-refractivity contribution in [2.75, 3.05) is 0 Å². The largest absolute Gasteiger partial charge is 0.352 e. The van der Waals surface area contributed by atoms with Crippen LogP contribution in [0.15, 0.2) is 54.6 Å². The maximum Gasteiger partial charge on any atom is 0.251 e. The van der Waals surface area contributed by atoms with Crippen LogP contribution in [0.2, 0.25) is 0 Å². The van der Waals surface area contributed by atoms with Gasteiger partial charge in [0.15, 0.2) is 0 Å². The first-order chi connectivity index (χ1) is 14.1. The lowest BCUT2D eigenvalue weighted by Gasteiger charge is -2.14. The zero-order valence-electron chi connectivity index (χ0n) is 17.5. The molecule has 0 aliphatic carbocycles. The van der Waals surface area contributed by atoms with E-state index in [4.69, 9.17) is 0 Å². The van der Waals surface area contributed by atoms with Crippen molar-refractivity contribution in [1.29, 1.82) is 0 Å². The molecule has 0 saturated heterocycles. The zero-order chi connectivity index (χ0) is 22.1. The Morgan fingerprint density at radius 2 is 1.50 bits per heavy atom. The quantitative estimate of drug-likeness (QED) is 0.537. The fourth-order valence-electron chi connectivity index (χ4n) is 2.87. The SMILES string of the molecule is CC(C)NS(=O)(=O)Cc1ccc(CNC(=O)CC(C)NC(=O)c2ccccc2)cc1. The second-order valence-corrected chi connectivity index (χ2v) is 9.32. The number of carbonyl (C=O) groups is 2. The summed E-state index contributed by atoms with van der Waals surface area (Å²) in [6.45, 7) is 5.66. The molecule has 0 fully saturated rings. The first-order valence-corrected chi connectivity index (χ1v) is 11.5. The summed E-state index contributed by atoms with van der Waals surface area (Å²) in [5, 5.41) is 5.62. The van der Waals surface area contributed by atoms with Crippen molar-refractivity contribution in [2.45, 2.75) is 51.6 Å². The molecule has 162 valence electrons. The van der Waals surface area contributed by atoms with Crippen molar-refractivity contribution in [3.8, 4) is 0 Å². The smallest absolute Gasteiger partial charge is 0.251 e. The number of rotatable bonds is 10. The molecule has 2 aromatic rings. The van der Waals surface area contributed by atoms with Crippen LogP contribution >= 0.6 is 0 Å².